The van der Waals surface area contributed by atoms with E-state index >= 15 is 0 Å². The number of pyridine rings is 1. The lowest BCUT2D eigenvalue weighted by molar-refractivity contribution is 0.0687. The lowest BCUT2D eigenvalue weighted by Gasteiger charge is -2.15. The summed E-state index contributed by atoms with van der Waals surface area (Å²) in [5.74, 6) is -1.93. The maximum absolute atomic E-state index is 12.2. The molecule has 5 heteroatoms. The van der Waals surface area contributed by atoms with Crippen molar-refractivity contribution in [2.75, 3.05) is 0 Å². The SMILES string of the molecule is CCc1nc2ccccc2c(C(=O)O)c1Cc1ccc(-c2ccccc2C(=O)O)cc1. The summed E-state index contributed by atoms with van der Waals surface area (Å²) < 4.78 is 0. The van der Waals surface area contributed by atoms with E-state index in [4.69, 9.17) is 4.98 Å². The summed E-state index contributed by atoms with van der Waals surface area (Å²) in [5, 5.41) is 20.0. The maximum Gasteiger partial charge on any atom is 0.336 e. The van der Waals surface area contributed by atoms with Gasteiger partial charge in [-0.15, -0.1) is 0 Å². The number of benzene rings is 3. The third kappa shape index (κ3) is 3.90. The number of hydrogen-bond donors (Lipinski definition) is 2. The Labute approximate surface area is 179 Å². The van der Waals surface area contributed by atoms with Crippen LogP contribution in [0.1, 0.15) is 44.5 Å². The first-order chi connectivity index (χ1) is 15.0. The van der Waals surface area contributed by atoms with Crippen molar-refractivity contribution in [3.63, 3.8) is 0 Å². The van der Waals surface area contributed by atoms with E-state index < -0.39 is 11.9 Å². The minimum atomic E-state index is -0.972. The van der Waals surface area contributed by atoms with Crippen molar-refractivity contribution in [2.45, 2.75) is 19.8 Å². The van der Waals surface area contributed by atoms with Gasteiger partial charge in [-0.25, -0.2) is 9.59 Å². The molecule has 0 aliphatic rings. The topological polar surface area (TPSA) is 87.5 Å². The van der Waals surface area contributed by atoms with E-state index in [-0.39, 0.29) is 5.56 Å². The Morgan fingerprint density at radius 1 is 0.839 bits per heavy atom. The largest absolute Gasteiger partial charge is 0.478 e. The van der Waals surface area contributed by atoms with E-state index in [0.29, 0.717) is 40.4 Å². The molecule has 0 spiro atoms. The van der Waals surface area contributed by atoms with Gasteiger partial charge >= 0.3 is 11.9 Å². The standard InChI is InChI=1S/C26H21NO4/c1-2-22-21(24(26(30)31)20-9-5-6-10-23(20)27-22)15-16-11-13-17(14-12-16)18-7-3-4-8-19(18)25(28)29/h3-14H,2,15H2,1H3,(H,28,29)(H,30,31). The van der Waals surface area contributed by atoms with Crippen LogP contribution >= 0.6 is 0 Å². The number of nitrogens with zero attached hydrogens (tertiary/aromatic N) is 1. The summed E-state index contributed by atoms with van der Waals surface area (Å²) >= 11 is 0. The lowest BCUT2D eigenvalue weighted by atomic mass is 9.92. The molecule has 1 aromatic heterocycles. The molecule has 154 valence electrons. The molecule has 0 fully saturated rings. The molecule has 0 aliphatic carbocycles. The van der Waals surface area contributed by atoms with Gasteiger partial charge in [0.25, 0.3) is 0 Å². The quantitative estimate of drug-likeness (QED) is 0.440. The van der Waals surface area contributed by atoms with Crippen molar-refractivity contribution in [2.24, 2.45) is 0 Å². The van der Waals surface area contributed by atoms with E-state index in [9.17, 15) is 19.8 Å². The van der Waals surface area contributed by atoms with E-state index in [1.807, 2.05) is 55.5 Å². The Balaban J connectivity index is 1.76. The molecule has 0 aliphatic heterocycles. The Kier molecular flexibility index (Phi) is 5.50. The Hall–Kier alpha value is -3.99. The van der Waals surface area contributed by atoms with Gasteiger partial charge in [0, 0.05) is 17.5 Å². The fourth-order valence-electron chi connectivity index (χ4n) is 3.96. The molecule has 5 nitrogen and oxygen atoms in total. The molecule has 31 heavy (non-hydrogen) atoms. The van der Waals surface area contributed by atoms with Gasteiger partial charge in [0.05, 0.1) is 16.6 Å². The number of aromatic carboxylic acids is 2. The average molecular weight is 411 g/mol. The Morgan fingerprint density at radius 3 is 2.19 bits per heavy atom. The molecule has 0 radical (unpaired) electrons. The molecule has 0 bridgehead atoms. The molecule has 3 aromatic carbocycles. The fraction of sp³-hybridized carbons (Fsp3) is 0.115. The van der Waals surface area contributed by atoms with Crippen LogP contribution in [0.3, 0.4) is 0 Å². The highest BCUT2D eigenvalue weighted by atomic mass is 16.4. The van der Waals surface area contributed by atoms with Crippen molar-refractivity contribution in [1.82, 2.24) is 4.98 Å². The zero-order valence-electron chi connectivity index (χ0n) is 17.0. The second kappa shape index (κ2) is 8.40. The van der Waals surface area contributed by atoms with Crippen LogP contribution in [0.15, 0.2) is 72.8 Å². The predicted molar refractivity (Wildman–Crippen MR) is 120 cm³/mol. The molecule has 4 rings (SSSR count). The first kappa shape index (κ1) is 20.3. The molecule has 0 amide bonds. The molecule has 0 saturated carbocycles. The zero-order chi connectivity index (χ0) is 22.0. The predicted octanol–water partition coefficient (Wildman–Crippen LogP) is 5.45. The Morgan fingerprint density at radius 2 is 1.52 bits per heavy atom. The summed E-state index contributed by atoms with van der Waals surface area (Å²) in [6.07, 6.45) is 1.06. The van der Waals surface area contributed by atoms with Gasteiger partial charge < -0.3 is 10.2 Å². The second-order valence-corrected chi connectivity index (χ2v) is 7.31. The monoisotopic (exact) mass is 411 g/mol. The van der Waals surface area contributed by atoms with Gasteiger partial charge in [0.15, 0.2) is 0 Å². The van der Waals surface area contributed by atoms with Crippen LogP contribution in [-0.2, 0) is 12.8 Å². The molecule has 0 atom stereocenters. The normalized spacial score (nSPS) is 10.9. The summed E-state index contributed by atoms with van der Waals surface area (Å²) in [6.45, 7) is 1.97. The molecule has 0 unspecified atom stereocenters. The van der Waals surface area contributed by atoms with Gasteiger partial charge in [0.2, 0.25) is 0 Å². The molecule has 1 heterocycles. The van der Waals surface area contributed by atoms with Crippen LogP contribution in [0.2, 0.25) is 0 Å². The van der Waals surface area contributed by atoms with Crippen LogP contribution < -0.4 is 0 Å². The van der Waals surface area contributed by atoms with Crippen molar-refractivity contribution in [1.29, 1.82) is 0 Å². The first-order valence-corrected chi connectivity index (χ1v) is 10.0. The number of carbonyl (C=O) groups is 2. The Bertz CT molecular complexity index is 1290. The van der Waals surface area contributed by atoms with Gasteiger partial charge in [0.1, 0.15) is 0 Å². The number of rotatable bonds is 6. The summed E-state index contributed by atoms with van der Waals surface area (Å²) in [5.41, 5.74) is 5.09. The van der Waals surface area contributed by atoms with Gasteiger partial charge in [-0.2, -0.15) is 0 Å². The van der Waals surface area contributed by atoms with Crippen LogP contribution in [0, 0.1) is 0 Å². The van der Waals surface area contributed by atoms with E-state index in [1.54, 1.807) is 24.3 Å². The number of aromatic nitrogens is 1. The number of para-hydroxylation sites is 1. The third-order valence-corrected chi connectivity index (χ3v) is 5.43. The van der Waals surface area contributed by atoms with Crippen molar-refractivity contribution < 1.29 is 19.8 Å². The number of carboxylic acid groups (broad SMARTS) is 2. The van der Waals surface area contributed by atoms with Crippen molar-refractivity contribution in [3.05, 3.63) is 101 Å². The van der Waals surface area contributed by atoms with Crippen molar-refractivity contribution in [3.8, 4) is 11.1 Å². The lowest BCUT2D eigenvalue weighted by Crippen LogP contribution is -2.10. The van der Waals surface area contributed by atoms with E-state index in [2.05, 4.69) is 0 Å². The first-order valence-electron chi connectivity index (χ1n) is 10.0. The van der Waals surface area contributed by atoms with Crippen LogP contribution in [0.25, 0.3) is 22.0 Å². The van der Waals surface area contributed by atoms with Gasteiger partial charge in [-0.3, -0.25) is 4.98 Å². The van der Waals surface area contributed by atoms with Crippen LogP contribution in [0.4, 0.5) is 0 Å². The number of hydrogen-bond acceptors (Lipinski definition) is 3. The van der Waals surface area contributed by atoms with E-state index in [1.165, 1.54) is 0 Å². The molecule has 4 aromatic rings. The number of carboxylic acids is 2. The molecular weight excluding hydrogens is 390 g/mol. The zero-order valence-corrected chi connectivity index (χ0v) is 17.0. The molecule has 0 saturated heterocycles. The third-order valence-electron chi connectivity index (χ3n) is 5.43. The van der Waals surface area contributed by atoms with Gasteiger partial charge in [-0.1, -0.05) is 67.6 Å². The minimum absolute atomic E-state index is 0.246. The second-order valence-electron chi connectivity index (χ2n) is 7.31. The number of aryl methyl sites for hydroxylation is 1. The van der Waals surface area contributed by atoms with Crippen LogP contribution in [-0.4, -0.2) is 27.1 Å². The number of fused-ring (bicyclic) bond motifs is 1. The van der Waals surface area contributed by atoms with Crippen LogP contribution in [0.5, 0.6) is 0 Å². The summed E-state index contributed by atoms with van der Waals surface area (Å²) in [6, 6.07) is 21.7. The summed E-state index contributed by atoms with van der Waals surface area (Å²) in [4.78, 5) is 28.4. The minimum Gasteiger partial charge on any atom is -0.478 e. The molecular formula is C26H21NO4. The summed E-state index contributed by atoms with van der Waals surface area (Å²) in [7, 11) is 0. The van der Waals surface area contributed by atoms with Gasteiger partial charge in [-0.05, 0) is 40.8 Å². The molecule has 2 N–H and O–H groups in total. The van der Waals surface area contributed by atoms with E-state index in [0.717, 1.165) is 16.8 Å². The van der Waals surface area contributed by atoms with Crippen molar-refractivity contribution >= 4 is 22.8 Å². The fourth-order valence-corrected chi connectivity index (χ4v) is 3.96. The highest BCUT2D eigenvalue weighted by molar-refractivity contribution is 6.04. The smallest absolute Gasteiger partial charge is 0.336 e. The average Bonchev–Trinajstić information content (AvgIpc) is 2.78. The highest BCUT2D eigenvalue weighted by Crippen LogP contribution is 2.28. The maximum atomic E-state index is 12.2. The highest BCUT2D eigenvalue weighted by Gasteiger charge is 2.20.